The van der Waals surface area contributed by atoms with Gasteiger partial charge in [0.25, 0.3) is 0 Å². The van der Waals surface area contributed by atoms with Crippen molar-refractivity contribution in [3.05, 3.63) is 52.8 Å². The number of hydrogen-bond acceptors (Lipinski definition) is 6. The molecule has 7 nitrogen and oxygen atoms in total. The Bertz CT molecular complexity index is 1660. The summed E-state index contributed by atoms with van der Waals surface area (Å²) in [5.41, 5.74) is 2.35. The zero-order valence-corrected chi connectivity index (χ0v) is 35.0. The largest absolute Gasteiger partial charge is 0.493 e. The first kappa shape index (κ1) is 40.2. The second-order valence-electron chi connectivity index (χ2n) is 19.1. The number of benzene rings is 1. The molecule has 0 amide bonds. The Hall–Kier alpha value is -2.50. The molecule has 6 rings (SSSR count). The minimum atomic E-state index is -1.15. The Morgan fingerprint density at radius 2 is 1.83 bits per heavy atom. The van der Waals surface area contributed by atoms with E-state index in [1.54, 1.807) is 13.8 Å². The Labute approximate surface area is 321 Å². The molecule has 53 heavy (non-hydrogen) atoms. The molecule has 3 saturated carbocycles. The third-order valence-electron chi connectivity index (χ3n) is 15.2. The van der Waals surface area contributed by atoms with Crippen LogP contribution in [0, 0.1) is 57.2 Å². The minimum Gasteiger partial charge on any atom is -0.493 e. The number of carboxylic acids is 1. The van der Waals surface area contributed by atoms with Crippen LogP contribution in [0.15, 0.2) is 47.2 Å². The second-order valence-corrected chi connectivity index (χ2v) is 19.7. The molecule has 1 aromatic rings. The van der Waals surface area contributed by atoms with Crippen molar-refractivity contribution in [3.8, 4) is 0 Å². The fourth-order valence-corrected chi connectivity index (χ4v) is 12.8. The van der Waals surface area contributed by atoms with Gasteiger partial charge in [-0.3, -0.25) is 14.4 Å². The molecule has 1 aliphatic heterocycles. The quantitative estimate of drug-likeness (QED) is 0.182. The van der Waals surface area contributed by atoms with E-state index in [1.807, 2.05) is 0 Å². The van der Waals surface area contributed by atoms with Gasteiger partial charge in [-0.15, -0.1) is 9.24 Å². The van der Waals surface area contributed by atoms with E-state index in [9.17, 15) is 19.5 Å². The van der Waals surface area contributed by atoms with E-state index >= 15 is 0 Å². The number of nitrogens with one attached hydrogen (secondary N) is 1. The van der Waals surface area contributed by atoms with Gasteiger partial charge in [-0.25, -0.2) is 0 Å². The highest BCUT2D eigenvalue weighted by Crippen LogP contribution is 2.70. The average molecular weight is 748 g/mol. The lowest BCUT2D eigenvalue weighted by molar-refractivity contribution is -0.186. The smallest absolute Gasteiger partial charge is 0.309 e. The number of hydrogen-bond donors (Lipinski definition) is 2. The summed E-state index contributed by atoms with van der Waals surface area (Å²) in [6.07, 6.45) is 9.54. The highest BCUT2D eigenvalue weighted by Gasteiger charge is 2.64. The molecule has 1 aromatic carbocycles. The maximum absolute atomic E-state index is 14.2. The SMILES string of the molecule is CCC12CC(=O)C(C(C)C)=C1C1CCC3C(C)(CCC4C(C)C(OC(=O)CC(C)(C)C(=O)O)CCC43C)C1C=C(C)O[C@@H]2CNCc1cccc(P)c1. The Morgan fingerprint density at radius 1 is 1.11 bits per heavy atom. The minimum absolute atomic E-state index is 0.0298. The Morgan fingerprint density at radius 3 is 2.49 bits per heavy atom. The number of esters is 1. The Balaban J connectivity index is 1.30. The molecule has 10 unspecified atom stereocenters. The highest BCUT2D eigenvalue weighted by molar-refractivity contribution is 7.27. The summed E-state index contributed by atoms with van der Waals surface area (Å²) in [7, 11) is 2.79. The molecule has 2 N–H and O–H groups in total. The average Bonchev–Trinajstić information content (AvgIpc) is 3.38. The van der Waals surface area contributed by atoms with Gasteiger partial charge in [0, 0.05) is 24.9 Å². The van der Waals surface area contributed by atoms with Crippen LogP contribution in [0.4, 0.5) is 0 Å². The van der Waals surface area contributed by atoms with Gasteiger partial charge in [-0.2, -0.15) is 0 Å². The molecule has 0 bridgehead atoms. The van der Waals surface area contributed by atoms with E-state index in [4.69, 9.17) is 9.47 Å². The van der Waals surface area contributed by atoms with Crippen LogP contribution in [-0.4, -0.2) is 41.6 Å². The monoisotopic (exact) mass is 747 g/mol. The third-order valence-corrected chi connectivity index (χ3v) is 15.5. The van der Waals surface area contributed by atoms with Gasteiger partial charge >= 0.3 is 11.9 Å². The van der Waals surface area contributed by atoms with Crippen LogP contribution in [0.2, 0.25) is 0 Å². The van der Waals surface area contributed by atoms with Gasteiger partial charge in [-0.1, -0.05) is 65.8 Å². The molecule has 0 radical (unpaired) electrons. The van der Waals surface area contributed by atoms with E-state index in [1.165, 1.54) is 16.4 Å². The first-order valence-electron chi connectivity index (χ1n) is 20.5. The van der Waals surface area contributed by atoms with E-state index in [-0.39, 0.29) is 52.6 Å². The zero-order valence-electron chi connectivity index (χ0n) is 33.8. The maximum Gasteiger partial charge on any atom is 0.309 e. The van der Waals surface area contributed by atoms with Crippen LogP contribution in [0.25, 0.3) is 0 Å². The van der Waals surface area contributed by atoms with Crippen molar-refractivity contribution in [3.63, 3.8) is 0 Å². The van der Waals surface area contributed by atoms with Crippen molar-refractivity contribution in [2.45, 2.75) is 139 Å². The van der Waals surface area contributed by atoms with Crippen molar-refractivity contribution < 1.29 is 29.0 Å². The number of ketones is 1. The second kappa shape index (κ2) is 14.9. The summed E-state index contributed by atoms with van der Waals surface area (Å²) in [6, 6.07) is 8.54. The van der Waals surface area contributed by atoms with Crippen LogP contribution >= 0.6 is 9.24 Å². The van der Waals surface area contributed by atoms with Crippen molar-refractivity contribution in [2.75, 3.05) is 6.54 Å². The number of Topliss-reactive ketones (excluding diaryl/α,β-unsaturated/α-hetero) is 1. The molecule has 11 atom stereocenters. The van der Waals surface area contributed by atoms with Gasteiger partial charge in [0.2, 0.25) is 0 Å². The molecule has 3 fully saturated rings. The molecule has 292 valence electrons. The number of carbonyl (C=O) groups is 3. The molecule has 8 heteroatoms. The summed E-state index contributed by atoms with van der Waals surface area (Å²) in [6.45, 7) is 20.8. The molecule has 4 aliphatic carbocycles. The van der Waals surface area contributed by atoms with Crippen LogP contribution in [-0.2, 0) is 30.4 Å². The maximum atomic E-state index is 14.2. The fraction of sp³-hybridized carbons (Fsp3) is 0.711. The predicted molar refractivity (Wildman–Crippen MR) is 213 cm³/mol. The number of ether oxygens (including phenoxy) is 2. The fourth-order valence-electron chi connectivity index (χ4n) is 12.5. The number of rotatable bonds is 10. The number of fused-ring (bicyclic) bond motifs is 7. The number of carboxylic acid groups (broad SMARTS) is 1. The van der Waals surface area contributed by atoms with Gasteiger partial charge in [0.15, 0.2) is 5.78 Å². The molecule has 1 heterocycles. The summed E-state index contributed by atoms with van der Waals surface area (Å²) >= 11 is 0. The number of allylic oxidation sites excluding steroid dienone is 3. The van der Waals surface area contributed by atoms with Crippen LogP contribution in [0.1, 0.15) is 126 Å². The van der Waals surface area contributed by atoms with Gasteiger partial charge in [0.05, 0.1) is 17.6 Å². The Kier molecular flexibility index (Phi) is 11.3. The van der Waals surface area contributed by atoms with Gasteiger partial charge in [-0.05, 0) is 140 Å². The first-order chi connectivity index (χ1) is 24.9. The van der Waals surface area contributed by atoms with Crippen LogP contribution in [0.5, 0.6) is 0 Å². The van der Waals surface area contributed by atoms with Crippen LogP contribution < -0.4 is 10.6 Å². The van der Waals surface area contributed by atoms with Crippen molar-refractivity contribution in [1.82, 2.24) is 5.32 Å². The first-order valence-corrected chi connectivity index (χ1v) is 21.1. The number of aliphatic carboxylic acids is 1. The number of carbonyl (C=O) groups excluding carboxylic acids is 2. The lowest BCUT2D eigenvalue weighted by atomic mass is 9.39. The highest BCUT2D eigenvalue weighted by atomic mass is 31.0. The summed E-state index contributed by atoms with van der Waals surface area (Å²) in [5.74, 6) is 1.74. The summed E-state index contributed by atoms with van der Waals surface area (Å²) < 4.78 is 13.2. The van der Waals surface area contributed by atoms with E-state index in [0.29, 0.717) is 36.5 Å². The lowest BCUT2D eigenvalue weighted by Gasteiger charge is -2.66. The third kappa shape index (κ3) is 7.09. The van der Waals surface area contributed by atoms with Gasteiger partial charge in [0.1, 0.15) is 12.2 Å². The predicted octanol–water partition coefficient (Wildman–Crippen LogP) is 8.81. The van der Waals surface area contributed by atoms with E-state index in [2.05, 4.69) is 93.4 Å². The molecule has 0 saturated heterocycles. The van der Waals surface area contributed by atoms with Crippen molar-refractivity contribution >= 4 is 32.3 Å². The lowest BCUT2D eigenvalue weighted by Crippen LogP contribution is -2.60. The zero-order chi connectivity index (χ0) is 38.7. The van der Waals surface area contributed by atoms with Crippen molar-refractivity contribution in [2.24, 2.45) is 57.2 Å². The van der Waals surface area contributed by atoms with Crippen molar-refractivity contribution in [1.29, 1.82) is 0 Å². The summed E-state index contributed by atoms with van der Waals surface area (Å²) in [5, 5.41) is 14.5. The van der Waals surface area contributed by atoms with Crippen LogP contribution in [0.3, 0.4) is 0 Å². The molecule has 0 spiro atoms. The standard InChI is InChI=1S/C45H66NO6P/c1-10-45-22-34(47)39(26(2)3)40(45)31-14-15-36-43(8)19-17-35(52-38(48)23-42(6,7)41(49)50)28(5)32(43)16-18-44(36,9)33(31)20-27(4)51-37(45)25-46-24-29-12-11-13-30(53)21-29/h11-13,20-21,26,28,31-33,35-37,46H,10,14-19,22-25,53H2,1-9H3,(H,49,50)/t28?,31?,32?,33?,35?,36?,37-,43?,44?,45?/m1/s1. The topological polar surface area (TPSA) is 102 Å². The summed E-state index contributed by atoms with van der Waals surface area (Å²) in [4.78, 5) is 39.0. The van der Waals surface area contributed by atoms with E-state index < -0.39 is 17.4 Å². The van der Waals surface area contributed by atoms with Gasteiger partial charge < -0.3 is 19.9 Å². The molecular weight excluding hydrogens is 681 g/mol. The molecule has 5 aliphatic rings. The molecule has 0 aromatic heterocycles. The normalized spacial score (nSPS) is 37.0. The van der Waals surface area contributed by atoms with E-state index in [0.717, 1.165) is 62.8 Å². The molecular formula is C45H66NO6P.